The second-order valence-corrected chi connectivity index (χ2v) is 8.33. The first kappa shape index (κ1) is 21.4. The number of carbonyl (C=O) groups is 3. The molecule has 0 spiro atoms. The van der Waals surface area contributed by atoms with E-state index in [9.17, 15) is 14.4 Å². The molecule has 1 saturated heterocycles. The van der Waals surface area contributed by atoms with Crippen LogP contribution in [-0.4, -0.2) is 47.5 Å². The van der Waals surface area contributed by atoms with Crippen LogP contribution in [0.3, 0.4) is 0 Å². The number of ketones is 1. The molecule has 0 unspecified atom stereocenters. The number of hydrogen-bond acceptors (Lipinski definition) is 5. The third-order valence-electron chi connectivity index (χ3n) is 4.55. The number of carbonyl (C=O) groups excluding carboxylic acids is 3. The zero-order valence-electron chi connectivity index (χ0n) is 16.0. The summed E-state index contributed by atoms with van der Waals surface area (Å²) >= 11 is 1.15. The van der Waals surface area contributed by atoms with Crippen molar-refractivity contribution in [1.82, 2.24) is 10.2 Å². The Morgan fingerprint density at radius 2 is 2.00 bits per heavy atom. The summed E-state index contributed by atoms with van der Waals surface area (Å²) in [6, 6.07) is 9.11. The lowest BCUT2D eigenvalue weighted by atomic mass is 10.0. The van der Waals surface area contributed by atoms with Crippen molar-refractivity contribution in [2.75, 3.05) is 19.6 Å². The quantitative estimate of drug-likeness (QED) is 0.674. The number of amides is 2. The predicted molar refractivity (Wildman–Crippen MR) is 108 cm³/mol. The van der Waals surface area contributed by atoms with Gasteiger partial charge in [0.1, 0.15) is 0 Å². The Bertz CT molecular complexity index is 651. The number of nitrogens with one attached hydrogen (secondary N) is 1. The summed E-state index contributed by atoms with van der Waals surface area (Å²) < 4.78 is 0. The fourth-order valence-electron chi connectivity index (χ4n) is 3.04. The summed E-state index contributed by atoms with van der Waals surface area (Å²) in [5.74, 6) is 0.358. The number of hydrogen-bond donors (Lipinski definition) is 2. The Balaban J connectivity index is 2.00. The smallest absolute Gasteiger partial charge is 0.282 e. The second-order valence-electron chi connectivity index (χ2n) is 7.40. The highest BCUT2D eigenvalue weighted by atomic mass is 32.2. The maximum Gasteiger partial charge on any atom is 0.282 e. The van der Waals surface area contributed by atoms with Crippen LogP contribution in [0.15, 0.2) is 30.3 Å². The van der Waals surface area contributed by atoms with Gasteiger partial charge in [0.15, 0.2) is 5.78 Å². The van der Waals surface area contributed by atoms with Gasteiger partial charge in [0, 0.05) is 18.8 Å². The van der Waals surface area contributed by atoms with Crippen molar-refractivity contribution >= 4 is 28.7 Å². The summed E-state index contributed by atoms with van der Waals surface area (Å²) in [7, 11) is 0. The van der Waals surface area contributed by atoms with E-state index in [1.807, 2.05) is 44.2 Å². The number of nitrogens with zero attached hydrogens (tertiary/aromatic N) is 1. The monoisotopic (exact) mass is 391 g/mol. The maximum atomic E-state index is 12.8. The molecule has 1 aliphatic rings. The first-order valence-electron chi connectivity index (χ1n) is 9.38. The molecule has 2 rings (SSSR count). The first-order chi connectivity index (χ1) is 12.9. The van der Waals surface area contributed by atoms with Gasteiger partial charge in [-0.2, -0.15) is 0 Å². The Hall–Kier alpha value is -1.86. The molecule has 27 heavy (non-hydrogen) atoms. The molecule has 1 heterocycles. The number of benzene rings is 1. The van der Waals surface area contributed by atoms with Crippen LogP contribution in [0, 0.1) is 11.8 Å². The summed E-state index contributed by atoms with van der Waals surface area (Å²) in [6.07, 6.45) is 1.26. The molecule has 2 amide bonds. The average Bonchev–Trinajstić information content (AvgIpc) is 3.04. The predicted octanol–water partition coefficient (Wildman–Crippen LogP) is 2.42. The molecule has 1 aromatic carbocycles. The average molecular weight is 392 g/mol. The fraction of sp³-hybridized carbons (Fsp3) is 0.550. The highest BCUT2D eigenvalue weighted by molar-refractivity contribution is 8.12. The van der Waals surface area contributed by atoms with Gasteiger partial charge >= 0.3 is 0 Å². The first-order valence-corrected chi connectivity index (χ1v) is 10.4. The lowest BCUT2D eigenvalue weighted by Crippen LogP contribution is -2.44. The number of rotatable bonds is 9. The van der Waals surface area contributed by atoms with Crippen LogP contribution < -0.4 is 11.1 Å². The van der Waals surface area contributed by atoms with Crippen LogP contribution in [-0.2, 0) is 15.3 Å². The van der Waals surface area contributed by atoms with Crippen LogP contribution in [0.25, 0.3) is 0 Å². The van der Waals surface area contributed by atoms with E-state index in [4.69, 9.17) is 5.73 Å². The largest absolute Gasteiger partial charge is 0.356 e. The van der Waals surface area contributed by atoms with Crippen molar-refractivity contribution in [2.24, 2.45) is 17.6 Å². The molecule has 148 valence electrons. The third kappa shape index (κ3) is 6.99. The zero-order chi connectivity index (χ0) is 19.8. The Morgan fingerprint density at radius 3 is 2.59 bits per heavy atom. The SMILES string of the molecule is CC(C)C[C@H](N)C(=O)CN(C[C@@H]1CCNC1=O)C(=O)SCc1ccccc1. The molecule has 0 aromatic heterocycles. The van der Waals surface area contributed by atoms with E-state index in [0.717, 1.165) is 17.3 Å². The third-order valence-corrected chi connectivity index (χ3v) is 5.54. The van der Waals surface area contributed by atoms with Gasteiger partial charge in [-0.15, -0.1) is 0 Å². The molecule has 0 aliphatic carbocycles. The van der Waals surface area contributed by atoms with Gasteiger partial charge in [0.2, 0.25) is 5.91 Å². The van der Waals surface area contributed by atoms with E-state index in [-0.39, 0.29) is 35.9 Å². The van der Waals surface area contributed by atoms with E-state index in [0.29, 0.717) is 31.1 Å². The summed E-state index contributed by atoms with van der Waals surface area (Å²) in [5, 5.41) is 2.59. The minimum atomic E-state index is -0.586. The summed E-state index contributed by atoms with van der Waals surface area (Å²) in [6.45, 7) is 4.84. The van der Waals surface area contributed by atoms with Crippen LogP contribution >= 0.6 is 11.8 Å². The van der Waals surface area contributed by atoms with Crippen molar-refractivity contribution in [1.29, 1.82) is 0 Å². The molecule has 1 aromatic rings. The van der Waals surface area contributed by atoms with Crippen molar-refractivity contribution in [2.45, 2.75) is 38.5 Å². The highest BCUT2D eigenvalue weighted by Crippen LogP contribution is 2.20. The maximum absolute atomic E-state index is 12.8. The topological polar surface area (TPSA) is 92.5 Å². The van der Waals surface area contributed by atoms with Gasteiger partial charge < -0.3 is 16.0 Å². The minimum absolute atomic E-state index is 0.0434. The summed E-state index contributed by atoms with van der Waals surface area (Å²) in [5.41, 5.74) is 7.03. The van der Waals surface area contributed by atoms with Crippen molar-refractivity contribution < 1.29 is 14.4 Å². The van der Waals surface area contributed by atoms with Crippen LogP contribution in [0.1, 0.15) is 32.3 Å². The van der Waals surface area contributed by atoms with Crippen LogP contribution in [0.2, 0.25) is 0 Å². The lowest BCUT2D eigenvalue weighted by Gasteiger charge is -2.25. The van der Waals surface area contributed by atoms with Gasteiger partial charge in [-0.3, -0.25) is 14.4 Å². The molecule has 3 N–H and O–H groups in total. The Kier molecular flexibility index (Phi) is 8.31. The van der Waals surface area contributed by atoms with Crippen LogP contribution in [0.5, 0.6) is 0 Å². The molecule has 1 fully saturated rings. The number of Topliss-reactive ketones (excluding diaryl/α,β-unsaturated/α-hetero) is 1. The molecule has 1 aliphatic heterocycles. The van der Waals surface area contributed by atoms with E-state index in [2.05, 4.69) is 5.32 Å². The fourth-order valence-corrected chi connectivity index (χ4v) is 3.85. The molecule has 0 radical (unpaired) electrons. The zero-order valence-corrected chi connectivity index (χ0v) is 16.8. The van der Waals surface area contributed by atoms with Crippen molar-refractivity contribution in [3.63, 3.8) is 0 Å². The van der Waals surface area contributed by atoms with E-state index >= 15 is 0 Å². The Labute approximate surface area is 165 Å². The number of nitrogens with two attached hydrogens (primary N) is 1. The molecular formula is C20H29N3O3S. The van der Waals surface area contributed by atoms with E-state index < -0.39 is 6.04 Å². The molecule has 0 bridgehead atoms. The number of thioether (sulfide) groups is 1. The molecule has 6 nitrogen and oxygen atoms in total. The minimum Gasteiger partial charge on any atom is -0.356 e. The van der Waals surface area contributed by atoms with Gasteiger partial charge in [-0.05, 0) is 24.3 Å². The molecule has 2 atom stereocenters. The molecule has 7 heteroatoms. The van der Waals surface area contributed by atoms with Crippen molar-refractivity contribution in [3.05, 3.63) is 35.9 Å². The standard InChI is InChI=1S/C20H29N3O3S/c1-14(2)10-17(21)18(24)12-23(11-16-8-9-22-19(16)25)20(26)27-13-15-6-4-3-5-7-15/h3-7,14,16-17H,8-13,21H2,1-2H3,(H,22,25)/t16-,17-/m0/s1. The van der Waals surface area contributed by atoms with Gasteiger partial charge in [-0.1, -0.05) is 55.9 Å². The van der Waals surface area contributed by atoms with Crippen LogP contribution in [0.4, 0.5) is 4.79 Å². The lowest BCUT2D eigenvalue weighted by molar-refractivity contribution is -0.124. The highest BCUT2D eigenvalue weighted by Gasteiger charge is 2.30. The molecule has 0 saturated carbocycles. The van der Waals surface area contributed by atoms with Gasteiger partial charge in [0.25, 0.3) is 5.24 Å². The molecular weight excluding hydrogens is 362 g/mol. The van der Waals surface area contributed by atoms with Gasteiger partial charge in [0.05, 0.1) is 18.5 Å². The van der Waals surface area contributed by atoms with E-state index in [1.54, 1.807) is 0 Å². The van der Waals surface area contributed by atoms with Crippen molar-refractivity contribution in [3.8, 4) is 0 Å². The summed E-state index contributed by atoms with van der Waals surface area (Å²) in [4.78, 5) is 38.7. The second kappa shape index (κ2) is 10.5. The van der Waals surface area contributed by atoms with E-state index in [1.165, 1.54) is 4.90 Å². The van der Waals surface area contributed by atoms with Gasteiger partial charge in [-0.25, -0.2) is 0 Å². The Morgan fingerprint density at radius 1 is 1.30 bits per heavy atom. The normalized spacial score (nSPS) is 17.6.